The van der Waals surface area contributed by atoms with Gasteiger partial charge in [0.25, 0.3) is 0 Å². The Kier molecular flexibility index (Phi) is 3.71. The lowest BCUT2D eigenvalue weighted by Crippen LogP contribution is -2.22. The predicted octanol–water partition coefficient (Wildman–Crippen LogP) is 2.53. The second kappa shape index (κ2) is 4.96. The second-order valence-electron chi connectivity index (χ2n) is 6.28. The Hall–Kier alpha value is -1.66. The zero-order chi connectivity index (χ0) is 16.0. The van der Waals surface area contributed by atoms with Crippen LogP contribution in [-0.4, -0.2) is 38.1 Å². The van der Waals surface area contributed by atoms with Crippen molar-refractivity contribution in [1.29, 1.82) is 0 Å². The molecule has 0 saturated carbocycles. The van der Waals surface area contributed by atoms with Crippen molar-refractivity contribution in [2.24, 2.45) is 0 Å². The molecule has 0 aliphatic carbocycles. The molecular weight excluding hydrogens is 288 g/mol. The van der Waals surface area contributed by atoms with E-state index in [0.29, 0.717) is 10.9 Å². The summed E-state index contributed by atoms with van der Waals surface area (Å²) in [6.07, 6.45) is 0.783. The molecule has 0 fully saturated rings. The van der Waals surface area contributed by atoms with Gasteiger partial charge in [-0.2, -0.15) is 0 Å². The normalized spacial score (nSPS) is 13.0. The number of carbonyl (C=O) groups excluding carboxylic acids is 1. The molecule has 21 heavy (non-hydrogen) atoms. The van der Waals surface area contributed by atoms with Crippen LogP contribution in [0.15, 0.2) is 23.1 Å². The molecule has 0 aliphatic heterocycles. The zero-order valence-corrected chi connectivity index (χ0v) is 13.7. The highest BCUT2D eigenvalue weighted by Gasteiger charge is 2.24. The summed E-state index contributed by atoms with van der Waals surface area (Å²) in [4.78, 5) is 14.9. The van der Waals surface area contributed by atoms with Crippen LogP contribution in [-0.2, 0) is 15.4 Å². The number of aromatic amines is 1. The Balaban J connectivity index is 2.78. The molecule has 0 atom stereocenters. The number of benzene rings is 1. The third kappa shape index (κ3) is 2.61. The first-order valence-corrected chi connectivity index (χ1v) is 8.07. The Bertz CT molecular complexity index is 796. The smallest absolute Gasteiger partial charge is 0.242 e. The molecule has 1 heterocycles. The number of fused-ring (bicyclic) bond motifs is 1. The van der Waals surface area contributed by atoms with Gasteiger partial charge in [0.05, 0.1) is 4.90 Å². The van der Waals surface area contributed by atoms with E-state index in [1.807, 2.05) is 20.8 Å². The Morgan fingerprint density at radius 1 is 1.19 bits per heavy atom. The topological polar surface area (TPSA) is 70.2 Å². The lowest BCUT2D eigenvalue weighted by Gasteiger charge is -2.17. The van der Waals surface area contributed by atoms with E-state index in [9.17, 15) is 13.2 Å². The Labute approximate surface area is 125 Å². The second-order valence-corrected chi connectivity index (χ2v) is 8.43. The van der Waals surface area contributed by atoms with Gasteiger partial charge in [-0.15, -0.1) is 0 Å². The van der Waals surface area contributed by atoms with Crippen LogP contribution in [0.25, 0.3) is 10.9 Å². The quantitative estimate of drug-likeness (QED) is 0.886. The van der Waals surface area contributed by atoms with Gasteiger partial charge in [-0.25, -0.2) is 12.7 Å². The molecule has 0 aliphatic rings. The molecule has 0 unspecified atom stereocenters. The van der Waals surface area contributed by atoms with Crippen LogP contribution in [0, 0.1) is 0 Å². The number of nitrogens with zero attached hydrogens (tertiary/aromatic N) is 1. The van der Waals surface area contributed by atoms with E-state index in [4.69, 9.17) is 0 Å². The molecule has 114 valence electrons. The summed E-state index contributed by atoms with van der Waals surface area (Å²) >= 11 is 0. The largest absolute Gasteiger partial charge is 0.357 e. The monoisotopic (exact) mass is 308 g/mol. The number of aldehydes is 1. The van der Waals surface area contributed by atoms with Crippen molar-refractivity contribution in [3.63, 3.8) is 0 Å². The van der Waals surface area contributed by atoms with E-state index in [2.05, 4.69) is 4.98 Å². The maximum atomic E-state index is 12.2. The van der Waals surface area contributed by atoms with Gasteiger partial charge >= 0.3 is 0 Å². The molecule has 2 rings (SSSR count). The highest BCUT2D eigenvalue weighted by Crippen LogP contribution is 2.31. The van der Waals surface area contributed by atoms with Crippen molar-refractivity contribution in [2.45, 2.75) is 31.1 Å². The summed E-state index contributed by atoms with van der Waals surface area (Å²) in [5.41, 5.74) is 1.87. The molecule has 5 nitrogen and oxygen atoms in total. The molecule has 1 aromatic heterocycles. The van der Waals surface area contributed by atoms with E-state index < -0.39 is 10.0 Å². The number of H-pyrrole nitrogens is 1. The standard InChI is InChI=1S/C15H20N2O3S/c1-15(2,3)14-12(9-18)11-8-10(6-7-13(11)16-14)21(19,20)17(4)5/h6-9,16H,1-5H3. The molecular formula is C15H20N2O3S. The van der Waals surface area contributed by atoms with Crippen LogP contribution >= 0.6 is 0 Å². The average Bonchev–Trinajstić information content (AvgIpc) is 2.75. The fraction of sp³-hybridized carbons (Fsp3) is 0.400. The molecule has 0 bridgehead atoms. The summed E-state index contributed by atoms with van der Waals surface area (Å²) in [6.45, 7) is 6.01. The van der Waals surface area contributed by atoms with Crippen LogP contribution < -0.4 is 0 Å². The van der Waals surface area contributed by atoms with Gasteiger partial charge in [-0.05, 0) is 18.2 Å². The van der Waals surface area contributed by atoms with Crippen LogP contribution in [0.1, 0.15) is 36.8 Å². The van der Waals surface area contributed by atoms with Crippen molar-refractivity contribution in [3.8, 4) is 0 Å². The lowest BCUT2D eigenvalue weighted by molar-refractivity contribution is 0.112. The number of rotatable bonds is 3. The lowest BCUT2D eigenvalue weighted by atomic mass is 9.89. The minimum absolute atomic E-state index is 0.183. The van der Waals surface area contributed by atoms with Gasteiger partial charge in [0.15, 0.2) is 6.29 Å². The van der Waals surface area contributed by atoms with E-state index in [1.54, 1.807) is 18.2 Å². The molecule has 6 heteroatoms. The molecule has 0 radical (unpaired) electrons. The number of hydrogen-bond donors (Lipinski definition) is 1. The molecule has 0 spiro atoms. The van der Waals surface area contributed by atoms with E-state index in [1.165, 1.54) is 14.1 Å². The first-order valence-electron chi connectivity index (χ1n) is 6.63. The fourth-order valence-corrected chi connectivity index (χ4v) is 3.21. The third-order valence-corrected chi connectivity index (χ3v) is 5.27. The van der Waals surface area contributed by atoms with E-state index >= 15 is 0 Å². The number of carbonyl (C=O) groups is 1. The van der Waals surface area contributed by atoms with Crippen LogP contribution in [0.5, 0.6) is 0 Å². The summed E-state index contributed by atoms with van der Waals surface area (Å²) in [6, 6.07) is 4.81. The van der Waals surface area contributed by atoms with Gasteiger partial charge in [0.2, 0.25) is 10.0 Å². The van der Waals surface area contributed by atoms with Gasteiger partial charge in [-0.1, -0.05) is 20.8 Å². The first-order chi connectivity index (χ1) is 9.59. The maximum absolute atomic E-state index is 12.2. The number of nitrogens with one attached hydrogen (secondary N) is 1. The van der Waals surface area contributed by atoms with E-state index in [0.717, 1.165) is 21.8 Å². The Morgan fingerprint density at radius 2 is 1.81 bits per heavy atom. The molecule has 0 saturated heterocycles. The summed E-state index contributed by atoms with van der Waals surface area (Å²) in [7, 11) is -0.548. The van der Waals surface area contributed by atoms with Gasteiger partial charge in [0, 0.05) is 41.7 Å². The Morgan fingerprint density at radius 3 is 2.29 bits per heavy atom. The van der Waals surface area contributed by atoms with Crippen molar-refractivity contribution in [3.05, 3.63) is 29.5 Å². The van der Waals surface area contributed by atoms with Crippen molar-refractivity contribution >= 4 is 27.2 Å². The van der Waals surface area contributed by atoms with Crippen molar-refractivity contribution < 1.29 is 13.2 Å². The van der Waals surface area contributed by atoms with E-state index in [-0.39, 0.29) is 10.3 Å². The minimum Gasteiger partial charge on any atom is -0.357 e. The minimum atomic E-state index is -3.52. The van der Waals surface area contributed by atoms with Gasteiger partial charge in [-0.3, -0.25) is 4.79 Å². The molecule has 1 aromatic carbocycles. The fourth-order valence-electron chi connectivity index (χ4n) is 2.28. The van der Waals surface area contributed by atoms with Gasteiger partial charge in [0.1, 0.15) is 0 Å². The highest BCUT2D eigenvalue weighted by molar-refractivity contribution is 7.89. The number of hydrogen-bond acceptors (Lipinski definition) is 3. The van der Waals surface area contributed by atoms with Crippen LogP contribution in [0.4, 0.5) is 0 Å². The van der Waals surface area contributed by atoms with Crippen molar-refractivity contribution in [1.82, 2.24) is 9.29 Å². The molecule has 0 amide bonds. The summed E-state index contributed by atoms with van der Waals surface area (Å²) in [5, 5.41) is 0.637. The number of sulfonamides is 1. The zero-order valence-electron chi connectivity index (χ0n) is 12.9. The predicted molar refractivity (Wildman–Crippen MR) is 83.3 cm³/mol. The summed E-state index contributed by atoms with van der Waals surface area (Å²) in [5.74, 6) is 0. The molecule has 1 N–H and O–H groups in total. The van der Waals surface area contributed by atoms with Crippen molar-refractivity contribution in [2.75, 3.05) is 14.1 Å². The third-order valence-electron chi connectivity index (χ3n) is 3.46. The van der Waals surface area contributed by atoms with Gasteiger partial charge < -0.3 is 4.98 Å². The first kappa shape index (κ1) is 15.7. The number of aromatic nitrogens is 1. The highest BCUT2D eigenvalue weighted by atomic mass is 32.2. The average molecular weight is 308 g/mol. The maximum Gasteiger partial charge on any atom is 0.242 e. The summed E-state index contributed by atoms with van der Waals surface area (Å²) < 4.78 is 25.6. The molecule has 2 aromatic rings. The van der Waals surface area contributed by atoms with Crippen LogP contribution in [0.3, 0.4) is 0 Å². The van der Waals surface area contributed by atoms with Crippen LogP contribution in [0.2, 0.25) is 0 Å². The SMILES string of the molecule is CN(C)S(=O)(=O)c1ccc2[nH]c(C(C)(C)C)c(C=O)c2c1.